The molecular formula is C10H9ClFNO2. The number of halogens is 2. The van der Waals surface area contributed by atoms with E-state index in [1.54, 1.807) is 0 Å². The van der Waals surface area contributed by atoms with Crippen molar-refractivity contribution >= 4 is 29.0 Å². The number of carbonyl (C=O) groups is 2. The van der Waals surface area contributed by atoms with Crippen molar-refractivity contribution in [1.82, 2.24) is 0 Å². The number of alkyl halides is 1. The van der Waals surface area contributed by atoms with E-state index in [-0.39, 0.29) is 28.8 Å². The summed E-state index contributed by atoms with van der Waals surface area (Å²) in [5.74, 6) is -1.47. The average molecular weight is 230 g/mol. The molecule has 0 atom stereocenters. The summed E-state index contributed by atoms with van der Waals surface area (Å²) in [5, 5.41) is 2.37. The third-order valence-electron chi connectivity index (χ3n) is 1.71. The first-order valence-electron chi connectivity index (χ1n) is 4.21. The lowest BCUT2D eigenvalue weighted by Crippen LogP contribution is -2.12. The van der Waals surface area contributed by atoms with E-state index in [0.717, 1.165) is 12.1 Å². The summed E-state index contributed by atoms with van der Waals surface area (Å²) < 4.78 is 12.9. The molecule has 0 bridgehead atoms. The molecule has 1 N–H and O–H groups in total. The van der Waals surface area contributed by atoms with Gasteiger partial charge in [0.25, 0.3) is 0 Å². The molecule has 0 aromatic heterocycles. The maximum atomic E-state index is 12.9. The van der Waals surface area contributed by atoms with Crippen molar-refractivity contribution in [3.63, 3.8) is 0 Å². The Morgan fingerprint density at radius 3 is 2.67 bits per heavy atom. The highest BCUT2D eigenvalue weighted by Crippen LogP contribution is 2.18. The highest BCUT2D eigenvalue weighted by molar-refractivity contribution is 6.31. The largest absolute Gasteiger partial charge is 0.326 e. The molecule has 1 amide bonds. The van der Waals surface area contributed by atoms with Crippen molar-refractivity contribution in [1.29, 1.82) is 0 Å². The van der Waals surface area contributed by atoms with Crippen LogP contribution in [0.2, 0.25) is 0 Å². The van der Waals surface area contributed by atoms with Gasteiger partial charge in [0, 0.05) is 12.5 Å². The van der Waals surface area contributed by atoms with Gasteiger partial charge in [0.2, 0.25) is 5.91 Å². The fourth-order valence-electron chi connectivity index (χ4n) is 1.12. The minimum Gasteiger partial charge on any atom is -0.326 e. The second-order valence-corrected chi connectivity index (χ2v) is 3.20. The van der Waals surface area contributed by atoms with Crippen molar-refractivity contribution in [2.24, 2.45) is 0 Å². The molecule has 80 valence electrons. The van der Waals surface area contributed by atoms with Gasteiger partial charge in [-0.1, -0.05) is 0 Å². The zero-order chi connectivity index (χ0) is 11.4. The summed E-state index contributed by atoms with van der Waals surface area (Å²) in [6, 6.07) is 3.53. The molecule has 0 aliphatic rings. The van der Waals surface area contributed by atoms with Crippen LogP contribution in [-0.2, 0) is 4.79 Å². The summed E-state index contributed by atoms with van der Waals surface area (Å²) in [6.45, 7) is 1.28. The summed E-state index contributed by atoms with van der Waals surface area (Å²) in [5.41, 5.74) is 0.356. The molecule has 0 heterocycles. The minimum absolute atomic E-state index is 0.146. The summed E-state index contributed by atoms with van der Waals surface area (Å²) in [4.78, 5) is 22.1. The van der Waals surface area contributed by atoms with Gasteiger partial charge in [-0.3, -0.25) is 9.59 Å². The Morgan fingerprint density at radius 2 is 2.13 bits per heavy atom. The second kappa shape index (κ2) is 4.89. The third-order valence-corrected chi connectivity index (χ3v) is 1.96. The van der Waals surface area contributed by atoms with E-state index in [9.17, 15) is 14.0 Å². The van der Waals surface area contributed by atoms with Crippen molar-refractivity contribution in [3.05, 3.63) is 29.6 Å². The van der Waals surface area contributed by atoms with Crippen LogP contribution in [0.1, 0.15) is 17.3 Å². The average Bonchev–Trinajstić information content (AvgIpc) is 2.16. The number of hydrogen-bond donors (Lipinski definition) is 1. The number of nitrogens with one attached hydrogen (secondary N) is 1. The maximum Gasteiger partial charge on any atom is 0.221 e. The van der Waals surface area contributed by atoms with Crippen molar-refractivity contribution in [3.8, 4) is 0 Å². The lowest BCUT2D eigenvalue weighted by molar-refractivity contribution is -0.114. The molecule has 5 heteroatoms. The van der Waals surface area contributed by atoms with Gasteiger partial charge in [-0.05, 0) is 18.2 Å². The normalized spacial score (nSPS) is 9.80. The molecule has 1 rings (SSSR count). The molecule has 0 spiro atoms. The maximum absolute atomic E-state index is 12.9. The fraction of sp³-hybridized carbons (Fsp3) is 0.200. The number of rotatable bonds is 3. The van der Waals surface area contributed by atoms with Gasteiger partial charge >= 0.3 is 0 Å². The lowest BCUT2D eigenvalue weighted by Gasteiger charge is -2.07. The summed E-state index contributed by atoms with van der Waals surface area (Å²) in [7, 11) is 0. The number of Topliss-reactive ketones (excluding diaryl/α,β-unsaturated/α-hetero) is 1. The van der Waals surface area contributed by atoms with Crippen molar-refractivity contribution < 1.29 is 14.0 Å². The number of amides is 1. The van der Waals surface area contributed by atoms with Crippen LogP contribution in [0, 0.1) is 5.82 Å². The topological polar surface area (TPSA) is 46.2 Å². The quantitative estimate of drug-likeness (QED) is 0.638. The van der Waals surface area contributed by atoms with Crippen LogP contribution in [0.3, 0.4) is 0 Å². The molecule has 0 aliphatic heterocycles. The molecule has 0 saturated carbocycles. The van der Waals surface area contributed by atoms with E-state index in [1.165, 1.54) is 13.0 Å². The Labute approximate surface area is 91.2 Å². The van der Waals surface area contributed by atoms with E-state index in [1.807, 2.05) is 0 Å². The van der Waals surface area contributed by atoms with Gasteiger partial charge in [-0.25, -0.2) is 4.39 Å². The van der Waals surface area contributed by atoms with Crippen LogP contribution < -0.4 is 5.32 Å². The summed E-state index contributed by atoms with van der Waals surface area (Å²) >= 11 is 5.38. The molecule has 0 fully saturated rings. The van der Waals surface area contributed by atoms with Gasteiger partial charge in [0.05, 0.1) is 11.6 Å². The van der Waals surface area contributed by atoms with E-state index in [4.69, 9.17) is 11.6 Å². The number of carbonyl (C=O) groups excluding carboxylic acids is 2. The molecule has 1 aromatic rings. The molecule has 0 aliphatic carbocycles. The third kappa shape index (κ3) is 3.02. The first kappa shape index (κ1) is 11.7. The Morgan fingerprint density at radius 1 is 1.47 bits per heavy atom. The number of benzene rings is 1. The van der Waals surface area contributed by atoms with Crippen LogP contribution >= 0.6 is 11.6 Å². The monoisotopic (exact) mass is 229 g/mol. The molecule has 0 radical (unpaired) electrons. The van der Waals surface area contributed by atoms with E-state index < -0.39 is 5.82 Å². The Bertz CT molecular complexity index is 406. The molecule has 3 nitrogen and oxygen atoms in total. The van der Waals surface area contributed by atoms with E-state index in [0.29, 0.717) is 0 Å². The van der Waals surface area contributed by atoms with Crippen LogP contribution in [-0.4, -0.2) is 17.6 Å². The summed E-state index contributed by atoms with van der Waals surface area (Å²) in [6.07, 6.45) is 0. The molecule has 1 aromatic carbocycles. The van der Waals surface area contributed by atoms with Gasteiger partial charge in [-0.2, -0.15) is 0 Å². The SMILES string of the molecule is CC(=O)Nc1cc(F)ccc1C(=O)CCl. The van der Waals surface area contributed by atoms with Gasteiger partial charge < -0.3 is 5.32 Å². The first-order valence-corrected chi connectivity index (χ1v) is 4.74. The number of ketones is 1. The first-order chi connectivity index (χ1) is 7.04. The Kier molecular flexibility index (Phi) is 3.80. The lowest BCUT2D eigenvalue weighted by atomic mass is 10.1. The van der Waals surface area contributed by atoms with E-state index in [2.05, 4.69) is 5.32 Å². The minimum atomic E-state index is -0.523. The zero-order valence-corrected chi connectivity index (χ0v) is 8.77. The number of anilines is 1. The van der Waals surface area contributed by atoms with Crippen molar-refractivity contribution in [2.45, 2.75) is 6.92 Å². The predicted molar refractivity (Wildman–Crippen MR) is 55.8 cm³/mol. The van der Waals surface area contributed by atoms with Crippen LogP contribution in [0.4, 0.5) is 10.1 Å². The number of hydrogen-bond acceptors (Lipinski definition) is 2. The molecule has 0 unspecified atom stereocenters. The molecule has 0 saturated heterocycles. The Hall–Kier alpha value is -1.42. The smallest absolute Gasteiger partial charge is 0.221 e. The highest BCUT2D eigenvalue weighted by Gasteiger charge is 2.12. The Balaban J connectivity index is 3.13. The second-order valence-electron chi connectivity index (χ2n) is 2.93. The zero-order valence-electron chi connectivity index (χ0n) is 8.01. The van der Waals surface area contributed by atoms with Crippen LogP contribution in [0.5, 0.6) is 0 Å². The van der Waals surface area contributed by atoms with Crippen LogP contribution in [0.25, 0.3) is 0 Å². The molecule has 15 heavy (non-hydrogen) atoms. The highest BCUT2D eigenvalue weighted by atomic mass is 35.5. The van der Waals surface area contributed by atoms with Gasteiger partial charge in [-0.15, -0.1) is 11.6 Å². The van der Waals surface area contributed by atoms with Crippen LogP contribution in [0.15, 0.2) is 18.2 Å². The molecular weight excluding hydrogens is 221 g/mol. The van der Waals surface area contributed by atoms with Gasteiger partial charge in [0.15, 0.2) is 5.78 Å². The predicted octanol–water partition coefficient (Wildman–Crippen LogP) is 2.21. The fourth-order valence-corrected chi connectivity index (χ4v) is 1.27. The standard InChI is InChI=1S/C10H9ClFNO2/c1-6(14)13-9-4-7(12)2-3-8(9)10(15)5-11/h2-4H,5H2,1H3,(H,13,14). The van der Waals surface area contributed by atoms with Crippen molar-refractivity contribution in [2.75, 3.05) is 11.2 Å². The van der Waals surface area contributed by atoms with Gasteiger partial charge in [0.1, 0.15) is 5.82 Å². The van der Waals surface area contributed by atoms with E-state index >= 15 is 0 Å².